The molecule has 0 bridgehead atoms. The average Bonchev–Trinajstić information content (AvgIpc) is 2.72. The quantitative estimate of drug-likeness (QED) is 0.403. The highest BCUT2D eigenvalue weighted by atomic mass is 35.5. The zero-order chi connectivity index (χ0) is 11.1. The summed E-state index contributed by atoms with van der Waals surface area (Å²) in [5.74, 6) is 0. The minimum Gasteiger partial charge on any atom is -0.618 e. The van der Waals surface area contributed by atoms with Gasteiger partial charge in [-0.25, -0.2) is 0 Å². The zero-order valence-corrected chi connectivity index (χ0v) is 9.96. The average molecular weight is 253 g/mol. The van der Waals surface area contributed by atoms with Crippen molar-refractivity contribution in [3.05, 3.63) is 45.5 Å². The van der Waals surface area contributed by atoms with E-state index in [1.165, 1.54) is 11.3 Å². The molecule has 3 rings (SSSR count). The highest BCUT2D eigenvalue weighted by Gasteiger charge is 2.29. The Bertz CT molecular complexity index is 530. The first-order chi connectivity index (χ1) is 7.77. The molecule has 82 valence electrons. The molecule has 0 saturated heterocycles. The van der Waals surface area contributed by atoms with Crippen molar-refractivity contribution in [2.75, 3.05) is 0 Å². The zero-order valence-electron chi connectivity index (χ0n) is 8.39. The predicted molar refractivity (Wildman–Crippen MR) is 65.8 cm³/mol. The van der Waals surface area contributed by atoms with Crippen LogP contribution in [0.25, 0.3) is 0 Å². The van der Waals surface area contributed by atoms with Gasteiger partial charge in [0, 0.05) is 17.2 Å². The minimum atomic E-state index is 0.572. The van der Waals surface area contributed by atoms with Gasteiger partial charge in [-0.15, -0.1) is 11.3 Å². The number of hydrogen-bond donors (Lipinski definition) is 0. The Morgan fingerprint density at radius 2 is 2.31 bits per heavy atom. The molecule has 1 aliphatic carbocycles. The van der Waals surface area contributed by atoms with E-state index in [1.807, 2.05) is 29.0 Å². The second kappa shape index (κ2) is 3.64. The summed E-state index contributed by atoms with van der Waals surface area (Å²) in [5, 5.41) is 16.1. The molecule has 0 amide bonds. The van der Waals surface area contributed by atoms with Crippen molar-refractivity contribution >= 4 is 34.5 Å². The molecule has 2 heterocycles. The van der Waals surface area contributed by atoms with E-state index in [0.717, 1.165) is 27.4 Å². The van der Waals surface area contributed by atoms with Crippen molar-refractivity contribution in [3.8, 4) is 0 Å². The Morgan fingerprint density at radius 1 is 1.44 bits per heavy atom. The molecule has 2 aliphatic rings. The number of rotatable bonds is 0. The second-order valence-electron chi connectivity index (χ2n) is 3.73. The maximum absolute atomic E-state index is 12.2. The van der Waals surface area contributed by atoms with E-state index in [0.29, 0.717) is 13.0 Å². The van der Waals surface area contributed by atoms with Gasteiger partial charge in [-0.2, -0.15) is 4.74 Å². The van der Waals surface area contributed by atoms with Crippen LogP contribution < -0.4 is 0 Å². The third kappa shape index (κ3) is 1.37. The number of hydrogen-bond acceptors (Lipinski definition) is 3. The molecule has 3 nitrogen and oxygen atoms in total. The summed E-state index contributed by atoms with van der Waals surface area (Å²) >= 11 is 7.73. The Hall–Kier alpha value is -1.26. The maximum atomic E-state index is 12.2. The Morgan fingerprint density at radius 3 is 3.19 bits per heavy atom. The Balaban J connectivity index is 2.22. The van der Waals surface area contributed by atoms with E-state index in [2.05, 4.69) is 0 Å². The normalized spacial score (nSPS) is 19.1. The summed E-state index contributed by atoms with van der Waals surface area (Å²) in [6.45, 7) is 0.572. The van der Waals surface area contributed by atoms with Gasteiger partial charge < -0.3 is 5.21 Å². The van der Waals surface area contributed by atoms with Crippen LogP contribution in [0, 0.1) is 5.21 Å². The molecular formula is C11H9ClN2OS. The summed E-state index contributed by atoms with van der Waals surface area (Å²) in [5.41, 5.74) is 3.23. The van der Waals surface area contributed by atoms with Crippen LogP contribution in [0.1, 0.15) is 12.0 Å². The van der Waals surface area contributed by atoms with Crippen LogP contribution in [0.2, 0.25) is 0 Å². The lowest BCUT2D eigenvalue weighted by atomic mass is 10.1. The van der Waals surface area contributed by atoms with Gasteiger partial charge >= 0.3 is 0 Å². The second-order valence-corrected chi connectivity index (χ2v) is 4.88. The number of nitrogens with zero attached hydrogens (tertiary/aromatic N) is 2. The van der Waals surface area contributed by atoms with Crippen LogP contribution in [-0.4, -0.2) is 14.9 Å². The fourth-order valence-corrected chi connectivity index (χ4v) is 3.03. The molecule has 0 fully saturated rings. The molecule has 0 radical (unpaired) electrons. The summed E-state index contributed by atoms with van der Waals surface area (Å²) in [7, 11) is 0. The van der Waals surface area contributed by atoms with Gasteiger partial charge in [0.15, 0.2) is 0 Å². The molecule has 0 unspecified atom stereocenters. The smallest absolute Gasteiger partial charge is 0.232 e. The highest BCUT2D eigenvalue weighted by molar-refractivity contribution is 7.08. The molecule has 0 atom stereocenters. The third-order valence-electron chi connectivity index (χ3n) is 2.75. The number of thiophene rings is 1. The van der Waals surface area contributed by atoms with E-state index in [9.17, 15) is 5.21 Å². The van der Waals surface area contributed by atoms with E-state index in [4.69, 9.17) is 11.8 Å². The fraction of sp³-hybridized carbons (Fsp3) is 0.182. The summed E-state index contributed by atoms with van der Waals surface area (Å²) in [6.07, 6.45) is 6.41. The summed E-state index contributed by atoms with van der Waals surface area (Å²) < 4.78 is 2.62. The van der Waals surface area contributed by atoms with Gasteiger partial charge in [0.2, 0.25) is 11.4 Å². The van der Waals surface area contributed by atoms with E-state index < -0.39 is 0 Å². The lowest BCUT2D eigenvalue weighted by Crippen LogP contribution is -2.21. The van der Waals surface area contributed by atoms with Gasteiger partial charge in [0.1, 0.15) is 5.70 Å². The molecule has 0 saturated carbocycles. The van der Waals surface area contributed by atoms with Crippen LogP contribution in [0.5, 0.6) is 0 Å². The summed E-state index contributed by atoms with van der Waals surface area (Å²) in [4.78, 5) is 0. The molecule has 1 aliphatic heterocycles. The molecule has 0 aromatic carbocycles. The number of allylic oxidation sites excluding steroid dienone is 4. The first kappa shape index (κ1) is 9.93. The number of fused-ring (bicyclic) bond motifs is 2. The predicted octanol–water partition coefficient (Wildman–Crippen LogP) is 3.14. The van der Waals surface area contributed by atoms with Crippen molar-refractivity contribution in [2.24, 2.45) is 0 Å². The first-order valence-electron chi connectivity index (χ1n) is 4.96. The fourth-order valence-electron chi connectivity index (χ4n) is 1.94. The molecule has 0 N–H and O–H groups in total. The van der Waals surface area contributed by atoms with E-state index in [1.54, 1.807) is 4.42 Å². The van der Waals surface area contributed by atoms with Crippen LogP contribution in [0.3, 0.4) is 0 Å². The molecule has 5 heteroatoms. The molecule has 1 aromatic rings. The van der Waals surface area contributed by atoms with Gasteiger partial charge in [-0.1, -0.05) is 12.2 Å². The molecular weight excluding hydrogens is 244 g/mol. The first-order valence-corrected chi connectivity index (χ1v) is 6.24. The standard InChI is InChI=1S/C11H9ClN2OS/c12-13-5-8-6-16-7-11(8)14(15)10-4-2-1-3-9(10)13/h1-3,6-7H,4-5H2. The highest BCUT2D eigenvalue weighted by Crippen LogP contribution is 2.32. The van der Waals surface area contributed by atoms with Crippen molar-refractivity contribution in [1.29, 1.82) is 0 Å². The molecule has 0 spiro atoms. The van der Waals surface area contributed by atoms with E-state index >= 15 is 0 Å². The number of halogens is 1. The Kier molecular flexibility index (Phi) is 2.26. The van der Waals surface area contributed by atoms with Gasteiger partial charge in [0.25, 0.3) is 0 Å². The van der Waals surface area contributed by atoms with Crippen molar-refractivity contribution in [2.45, 2.75) is 13.0 Å². The third-order valence-corrected chi connectivity index (χ3v) is 3.83. The Labute approximate surface area is 102 Å². The van der Waals surface area contributed by atoms with Gasteiger partial charge in [-0.05, 0) is 6.08 Å². The minimum absolute atomic E-state index is 0.572. The van der Waals surface area contributed by atoms with Crippen LogP contribution in [0.15, 0.2) is 34.7 Å². The monoisotopic (exact) mass is 252 g/mol. The summed E-state index contributed by atoms with van der Waals surface area (Å²) in [6, 6.07) is 0. The lowest BCUT2D eigenvalue weighted by molar-refractivity contribution is -0.361. The van der Waals surface area contributed by atoms with Crippen LogP contribution in [-0.2, 0) is 6.54 Å². The van der Waals surface area contributed by atoms with E-state index in [-0.39, 0.29) is 0 Å². The molecule has 16 heavy (non-hydrogen) atoms. The van der Waals surface area contributed by atoms with Gasteiger partial charge in [-0.3, -0.25) is 4.42 Å². The van der Waals surface area contributed by atoms with Crippen LogP contribution in [0.4, 0.5) is 5.69 Å². The topological polar surface area (TPSA) is 29.3 Å². The van der Waals surface area contributed by atoms with Gasteiger partial charge in [0.05, 0.1) is 23.9 Å². The SMILES string of the molecule is [O-][N+]1=C2CC=CC=C2N(Cl)Cc2cscc21. The lowest BCUT2D eigenvalue weighted by Gasteiger charge is -2.17. The van der Waals surface area contributed by atoms with Crippen LogP contribution >= 0.6 is 23.1 Å². The van der Waals surface area contributed by atoms with Crippen molar-refractivity contribution in [3.63, 3.8) is 0 Å². The molecule has 1 aromatic heterocycles. The maximum Gasteiger partial charge on any atom is 0.232 e. The van der Waals surface area contributed by atoms with Crippen molar-refractivity contribution < 1.29 is 4.74 Å². The van der Waals surface area contributed by atoms with Crippen molar-refractivity contribution in [1.82, 2.24) is 4.42 Å². The largest absolute Gasteiger partial charge is 0.618 e.